The smallest absolute Gasteiger partial charge is 0.245 e. The highest BCUT2D eigenvalue weighted by atomic mass is 35.5. The third kappa shape index (κ3) is 4.50. The van der Waals surface area contributed by atoms with Crippen molar-refractivity contribution in [2.24, 2.45) is 5.41 Å². The van der Waals surface area contributed by atoms with Gasteiger partial charge >= 0.3 is 0 Å². The summed E-state index contributed by atoms with van der Waals surface area (Å²) in [6.07, 6.45) is 1.79. The summed E-state index contributed by atoms with van der Waals surface area (Å²) in [5.41, 5.74) is 7.14. The molecule has 1 aliphatic rings. The maximum Gasteiger partial charge on any atom is 0.245 e. The Morgan fingerprint density at radius 1 is 1.19 bits per heavy atom. The van der Waals surface area contributed by atoms with Crippen LogP contribution in [0.25, 0.3) is 22.4 Å². The lowest BCUT2D eigenvalue weighted by Crippen LogP contribution is -2.33. The standard InChI is InChI=1S/C30H27ClFN7O3/c1-15(40)29(2,3)12-19-14-42-28(34-19)30(4)22-24(33)35-26(36-25(22)37-27(30)41)23-20-9-8-17(31)11-21(20)39(38-23)13-16-6-5-7-18(32)10-16/h5-11,14H,12-13H2,1-4H3,(H3,33,35,36,37,41). The van der Waals surface area contributed by atoms with Gasteiger partial charge in [0.15, 0.2) is 11.2 Å². The zero-order valence-corrected chi connectivity index (χ0v) is 24.1. The number of carbonyl (C=O) groups is 2. The van der Waals surface area contributed by atoms with E-state index in [2.05, 4.69) is 20.3 Å². The summed E-state index contributed by atoms with van der Waals surface area (Å²) in [6, 6.07) is 11.5. The number of halogens is 2. The van der Waals surface area contributed by atoms with Gasteiger partial charge < -0.3 is 15.5 Å². The average Bonchev–Trinajstić information content (AvgIpc) is 3.59. The third-order valence-corrected chi connectivity index (χ3v) is 8.06. The van der Waals surface area contributed by atoms with E-state index >= 15 is 0 Å². The van der Waals surface area contributed by atoms with E-state index < -0.39 is 16.7 Å². The van der Waals surface area contributed by atoms with Crippen LogP contribution < -0.4 is 11.1 Å². The fourth-order valence-electron chi connectivity index (χ4n) is 5.15. The quantitative estimate of drug-likeness (QED) is 0.260. The lowest BCUT2D eigenvalue weighted by molar-refractivity contribution is -0.124. The van der Waals surface area contributed by atoms with Crippen LogP contribution in [0.3, 0.4) is 0 Å². The molecule has 0 spiro atoms. The van der Waals surface area contributed by atoms with Gasteiger partial charge in [0.05, 0.1) is 23.3 Å². The second-order valence-corrected chi connectivity index (χ2v) is 11.7. The second-order valence-electron chi connectivity index (χ2n) is 11.3. The molecule has 1 aliphatic heterocycles. The van der Waals surface area contributed by atoms with Crippen molar-refractivity contribution in [3.63, 3.8) is 0 Å². The molecule has 0 saturated heterocycles. The van der Waals surface area contributed by atoms with Crippen molar-refractivity contribution in [1.29, 1.82) is 0 Å². The molecule has 0 fully saturated rings. The predicted molar refractivity (Wildman–Crippen MR) is 155 cm³/mol. The van der Waals surface area contributed by atoms with Gasteiger partial charge in [-0.15, -0.1) is 0 Å². The van der Waals surface area contributed by atoms with Crippen LogP contribution in [0.2, 0.25) is 5.02 Å². The summed E-state index contributed by atoms with van der Waals surface area (Å²) in [4.78, 5) is 39.2. The predicted octanol–water partition coefficient (Wildman–Crippen LogP) is 5.32. The number of nitrogens with zero attached hydrogens (tertiary/aromatic N) is 5. The van der Waals surface area contributed by atoms with Crippen LogP contribution in [-0.2, 0) is 28.0 Å². The molecule has 1 atom stereocenters. The number of nitrogen functional groups attached to an aromatic ring is 1. The molecule has 4 heterocycles. The SMILES string of the molecule is CC(=O)C(C)(C)Cc1coc(C2(C)C(=O)Nc3nc(-c4nn(Cc5cccc(F)c5)c5cc(Cl)ccc45)nc(N)c32)n1. The molecule has 2 aromatic carbocycles. The molecule has 0 aliphatic carbocycles. The fourth-order valence-corrected chi connectivity index (χ4v) is 5.32. The van der Waals surface area contributed by atoms with Gasteiger partial charge in [-0.3, -0.25) is 14.3 Å². The molecular weight excluding hydrogens is 561 g/mol. The molecule has 3 aromatic heterocycles. The molecule has 0 saturated carbocycles. The molecule has 0 radical (unpaired) electrons. The van der Waals surface area contributed by atoms with Crippen LogP contribution in [0.4, 0.5) is 16.0 Å². The average molecular weight is 588 g/mol. The van der Waals surface area contributed by atoms with Gasteiger partial charge in [-0.05, 0) is 49.7 Å². The van der Waals surface area contributed by atoms with Crippen molar-refractivity contribution in [2.75, 3.05) is 11.1 Å². The maximum absolute atomic E-state index is 13.9. The highest BCUT2D eigenvalue weighted by molar-refractivity contribution is 6.31. The molecule has 12 heteroatoms. The highest BCUT2D eigenvalue weighted by Crippen LogP contribution is 2.45. The van der Waals surface area contributed by atoms with Crippen molar-refractivity contribution in [2.45, 2.75) is 46.1 Å². The van der Waals surface area contributed by atoms with E-state index in [9.17, 15) is 14.0 Å². The summed E-state index contributed by atoms with van der Waals surface area (Å²) < 4.78 is 21.3. The van der Waals surface area contributed by atoms with Crippen LogP contribution >= 0.6 is 11.6 Å². The molecule has 1 amide bonds. The first-order valence-corrected chi connectivity index (χ1v) is 13.6. The number of carbonyl (C=O) groups excluding carboxylic acids is 2. The Bertz CT molecular complexity index is 1910. The Hall–Kier alpha value is -4.64. The van der Waals surface area contributed by atoms with E-state index in [0.717, 1.165) is 0 Å². The van der Waals surface area contributed by atoms with Crippen molar-refractivity contribution >= 4 is 45.8 Å². The van der Waals surface area contributed by atoms with Gasteiger partial charge in [0, 0.05) is 22.2 Å². The number of hydrogen-bond acceptors (Lipinski definition) is 8. The van der Waals surface area contributed by atoms with Gasteiger partial charge in [-0.1, -0.05) is 37.6 Å². The number of Topliss-reactive ketones (excluding diaryl/α,β-unsaturated/α-hetero) is 1. The maximum atomic E-state index is 13.9. The first-order valence-electron chi connectivity index (χ1n) is 13.2. The first kappa shape index (κ1) is 27.5. The fraction of sp³-hybridized carbons (Fsp3) is 0.267. The van der Waals surface area contributed by atoms with Crippen LogP contribution in [0, 0.1) is 11.2 Å². The third-order valence-electron chi connectivity index (χ3n) is 7.83. The van der Waals surface area contributed by atoms with Crippen molar-refractivity contribution in [3.05, 3.63) is 82.3 Å². The van der Waals surface area contributed by atoms with Crippen molar-refractivity contribution in [3.8, 4) is 11.5 Å². The lowest BCUT2D eigenvalue weighted by atomic mass is 9.83. The second kappa shape index (κ2) is 9.73. The number of benzene rings is 2. The summed E-state index contributed by atoms with van der Waals surface area (Å²) in [5, 5.41) is 8.75. The monoisotopic (exact) mass is 587 g/mol. The number of hydrogen-bond donors (Lipinski definition) is 2. The number of nitrogens with one attached hydrogen (secondary N) is 1. The van der Waals surface area contributed by atoms with E-state index in [4.69, 9.17) is 26.9 Å². The molecule has 3 N–H and O–H groups in total. The van der Waals surface area contributed by atoms with Gasteiger partial charge in [-0.2, -0.15) is 5.10 Å². The Morgan fingerprint density at radius 3 is 2.71 bits per heavy atom. The van der Waals surface area contributed by atoms with Crippen molar-refractivity contribution in [1.82, 2.24) is 24.7 Å². The summed E-state index contributed by atoms with van der Waals surface area (Å²) in [6.45, 7) is 7.10. The zero-order chi connectivity index (χ0) is 30.0. The Balaban J connectivity index is 1.41. The van der Waals surface area contributed by atoms with E-state index in [1.807, 2.05) is 13.8 Å². The number of anilines is 2. The van der Waals surface area contributed by atoms with Crippen LogP contribution in [0.15, 0.2) is 53.1 Å². The molecule has 42 heavy (non-hydrogen) atoms. The minimum absolute atomic E-state index is 0.0144. The molecule has 5 aromatic rings. The lowest BCUT2D eigenvalue weighted by Gasteiger charge is -2.20. The summed E-state index contributed by atoms with van der Waals surface area (Å²) in [5.74, 6) is -0.176. The number of rotatable bonds is 7. The number of nitrogens with two attached hydrogens (primary N) is 1. The summed E-state index contributed by atoms with van der Waals surface area (Å²) >= 11 is 6.30. The normalized spacial score (nSPS) is 16.6. The number of aromatic nitrogens is 5. The number of amides is 1. The number of oxazole rings is 1. The minimum Gasteiger partial charge on any atom is -0.447 e. The molecule has 6 rings (SSSR count). The Morgan fingerprint density at radius 2 is 1.98 bits per heavy atom. The van der Waals surface area contributed by atoms with E-state index in [1.165, 1.54) is 25.3 Å². The summed E-state index contributed by atoms with van der Waals surface area (Å²) in [7, 11) is 0. The first-order chi connectivity index (χ1) is 19.9. The molecular formula is C30H27ClFN7O3. The van der Waals surface area contributed by atoms with Crippen LogP contribution in [0.1, 0.15) is 50.4 Å². The van der Waals surface area contributed by atoms with Crippen molar-refractivity contribution < 1.29 is 18.4 Å². The van der Waals surface area contributed by atoms with Crippen LogP contribution in [0.5, 0.6) is 0 Å². The molecule has 214 valence electrons. The van der Waals surface area contributed by atoms with E-state index in [-0.39, 0.29) is 41.5 Å². The van der Waals surface area contributed by atoms with E-state index in [0.29, 0.717) is 44.9 Å². The minimum atomic E-state index is -1.40. The number of ketones is 1. The molecule has 1 unspecified atom stereocenters. The van der Waals surface area contributed by atoms with E-state index in [1.54, 1.807) is 41.9 Å². The number of fused-ring (bicyclic) bond motifs is 2. The van der Waals surface area contributed by atoms with Crippen LogP contribution in [-0.4, -0.2) is 36.4 Å². The van der Waals surface area contributed by atoms with Gasteiger partial charge in [-0.25, -0.2) is 19.3 Å². The zero-order valence-electron chi connectivity index (χ0n) is 23.3. The topological polar surface area (TPSA) is 142 Å². The molecule has 0 bridgehead atoms. The Labute approximate surface area is 245 Å². The van der Waals surface area contributed by atoms with Gasteiger partial charge in [0.25, 0.3) is 0 Å². The van der Waals surface area contributed by atoms with Gasteiger partial charge in [0.1, 0.15) is 35.2 Å². The largest absolute Gasteiger partial charge is 0.447 e. The Kier molecular flexibility index (Phi) is 6.38. The highest BCUT2D eigenvalue weighted by Gasteiger charge is 2.51. The molecule has 10 nitrogen and oxygen atoms in total. The van der Waals surface area contributed by atoms with Gasteiger partial charge in [0.2, 0.25) is 11.8 Å².